The second-order valence-electron chi connectivity index (χ2n) is 7.26. The third-order valence-electron chi connectivity index (χ3n) is 5.08. The lowest BCUT2D eigenvalue weighted by molar-refractivity contribution is 0.0908. The first-order valence-electron chi connectivity index (χ1n) is 9.28. The van der Waals surface area contributed by atoms with E-state index >= 15 is 0 Å². The highest BCUT2D eigenvalue weighted by atomic mass is 16.1. The number of nitrogens with zero attached hydrogens (tertiary/aromatic N) is 4. The summed E-state index contributed by atoms with van der Waals surface area (Å²) in [7, 11) is 0. The second kappa shape index (κ2) is 8.28. The molecule has 140 valence electrons. The Labute approximate surface area is 160 Å². The number of piperidine rings is 1. The summed E-state index contributed by atoms with van der Waals surface area (Å²) in [6.45, 7) is 8.53. The summed E-state index contributed by atoms with van der Waals surface area (Å²) in [6.07, 6.45) is 4.99. The minimum atomic E-state index is -0.105. The van der Waals surface area contributed by atoms with Gasteiger partial charge >= 0.3 is 0 Å². The Bertz CT molecular complexity index is 838. The van der Waals surface area contributed by atoms with E-state index in [0.717, 1.165) is 49.2 Å². The van der Waals surface area contributed by atoms with Gasteiger partial charge in [0, 0.05) is 38.1 Å². The van der Waals surface area contributed by atoms with E-state index in [9.17, 15) is 10.1 Å². The minimum Gasteiger partial charge on any atom is -0.349 e. The number of hydrogen-bond donors (Lipinski definition) is 1. The number of aryl methyl sites for hydroxylation is 3. The summed E-state index contributed by atoms with van der Waals surface area (Å²) in [5.41, 5.74) is 4.60. The number of amides is 1. The smallest absolute Gasteiger partial charge is 0.254 e. The van der Waals surface area contributed by atoms with E-state index < -0.39 is 0 Å². The van der Waals surface area contributed by atoms with Crippen LogP contribution in [0.2, 0.25) is 0 Å². The maximum Gasteiger partial charge on any atom is 0.254 e. The third-order valence-corrected chi connectivity index (χ3v) is 5.08. The maximum absolute atomic E-state index is 12.3. The maximum atomic E-state index is 12.3. The summed E-state index contributed by atoms with van der Waals surface area (Å²) in [4.78, 5) is 22.9. The fourth-order valence-electron chi connectivity index (χ4n) is 3.59. The van der Waals surface area contributed by atoms with Crippen molar-refractivity contribution in [2.24, 2.45) is 0 Å². The molecule has 1 aliphatic heterocycles. The summed E-state index contributed by atoms with van der Waals surface area (Å²) in [5.74, 6) is 0.555. The number of hydrogen-bond acceptors (Lipinski definition) is 5. The molecule has 0 aliphatic carbocycles. The van der Waals surface area contributed by atoms with Gasteiger partial charge in [-0.3, -0.25) is 9.69 Å². The molecule has 1 aromatic carbocycles. The van der Waals surface area contributed by atoms with Crippen molar-refractivity contribution in [1.29, 1.82) is 5.26 Å². The molecule has 6 heteroatoms. The number of aromatic nitrogens is 2. The molecule has 1 N–H and O–H groups in total. The van der Waals surface area contributed by atoms with Crippen molar-refractivity contribution in [3.05, 3.63) is 58.2 Å². The fraction of sp³-hybridized carbons (Fsp3) is 0.429. The number of nitrogens with one attached hydrogen (secondary N) is 1. The Morgan fingerprint density at radius 2 is 1.78 bits per heavy atom. The Hall–Kier alpha value is -2.78. The molecule has 6 nitrogen and oxygen atoms in total. The van der Waals surface area contributed by atoms with E-state index in [0.29, 0.717) is 11.4 Å². The standard InChI is InChI=1S/C21H25N5O/c1-14-8-17(9-15(2)20(14)10-22)13-26-6-4-19(5-7-26)25-21(27)18-11-23-16(3)24-12-18/h8-9,11-12,19H,4-7,13H2,1-3H3,(H,25,27). The first kappa shape index (κ1) is 19.0. The van der Waals surface area contributed by atoms with Gasteiger partial charge in [0.05, 0.1) is 17.2 Å². The molecule has 0 atom stereocenters. The molecule has 1 fully saturated rings. The topological polar surface area (TPSA) is 81.9 Å². The molecule has 0 spiro atoms. The zero-order valence-corrected chi connectivity index (χ0v) is 16.1. The molecule has 1 saturated heterocycles. The van der Waals surface area contributed by atoms with Gasteiger partial charge in [-0.25, -0.2) is 9.97 Å². The van der Waals surface area contributed by atoms with Gasteiger partial charge in [0.1, 0.15) is 5.82 Å². The summed E-state index contributed by atoms with van der Waals surface area (Å²) >= 11 is 0. The normalized spacial score (nSPS) is 15.3. The van der Waals surface area contributed by atoms with E-state index in [1.807, 2.05) is 13.8 Å². The number of benzene rings is 1. The van der Waals surface area contributed by atoms with Crippen LogP contribution in [-0.4, -0.2) is 39.9 Å². The zero-order chi connectivity index (χ0) is 19.4. The zero-order valence-electron chi connectivity index (χ0n) is 16.1. The van der Waals surface area contributed by atoms with Crippen molar-refractivity contribution in [2.45, 2.75) is 46.2 Å². The average molecular weight is 363 g/mol. The minimum absolute atomic E-state index is 0.105. The van der Waals surface area contributed by atoms with Crippen molar-refractivity contribution >= 4 is 5.91 Å². The van der Waals surface area contributed by atoms with E-state index in [2.05, 4.69) is 38.4 Å². The van der Waals surface area contributed by atoms with Crippen LogP contribution in [0.5, 0.6) is 0 Å². The highest BCUT2D eigenvalue weighted by molar-refractivity contribution is 5.93. The van der Waals surface area contributed by atoms with Crippen LogP contribution in [0.25, 0.3) is 0 Å². The Morgan fingerprint density at radius 1 is 1.19 bits per heavy atom. The van der Waals surface area contributed by atoms with Gasteiger partial charge in [0.2, 0.25) is 0 Å². The van der Waals surface area contributed by atoms with E-state index in [-0.39, 0.29) is 11.9 Å². The van der Waals surface area contributed by atoms with Crippen LogP contribution in [0.4, 0.5) is 0 Å². The van der Waals surface area contributed by atoms with Crippen LogP contribution in [-0.2, 0) is 6.54 Å². The lowest BCUT2D eigenvalue weighted by atomic mass is 9.99. The molecular formula is C21H25N5O. The molecular weight excluding hydrogens is 338 g/mol. The SMILES string of the molecule is Cc1ncc(C(=O)NC2CCN(Cc3cc(C)c(C#N)c(C)c3)CC2)cn1. The molecule has 1 amide bonds. The Morgan fingerprint density at radius 3 is 2.33 bits per heavy atom. The molecule has 1 aliphatic rings. The third kappa shape index (κ3) is 4.69. The van der Waals surface area contributed by atoms with Crippen molar-refractivity contribution in [2.75, 3.05) is 13.1 Å². The number of carbonyl (C=O) groups excluding carboxylic acids is 1. The predicted molar refractivity (Wildman–Crippen MR) is 103 cm³/mol. The molecule has 3 rings (SSSR count). The van der Waals surface area contributed by atoms with E-state index in [1.165, 1.54) is 5.56 Å². The summed E-state index contributed by atoms with van der Waals surface area (Å²) in [5, 5.41) is 12.3. The molecule has 2 aromatic rings. The molecule has 1 aromatic heterocycles. The lowest BCUT2D eigenvalue weighted by Crippen LogP contribution is -2.44. The summed E-state index contributed by atoms with van der Waals surface area (Å²) < 4.78 is 0. The summed E-state index contributed by atoms with van der Waals surface area (Å²) in [6, 6.07) is 6.67. The Kier molecular flexibility index (Phi) is 5.82. The Balaban J connectivity index is 1.52. The molecule has 0 radical (unpaired) electrons. The number of nitriles is 1. The van der Waals surface area contributed by atoms with Crippen LogP contribution < -0.4 is 5.32 Å². The first-order valence-corrected chi connectivity index (χ1v) is 9.28. The largest absolute Gasteiger partial charge is 0.349 e. The van der Waals surface area contributed by atoms with Gasteiger partial charge in [-0.15, -0.1) is 0 Å². The van der Waals surface area contributed by atoms with Gasteiger partial charge in [0.25, 0.3) is 5.91 Å². The van der Waals surface area contributed by atoms with Crippen LogP contribution >= 0.6 is 0 Å². The monoisotopic (exact) mass is 363 g/mol. The van der Waals surface area contributed by atoms with Crippen LogP contribution in [0, 0.1) is 32.1 Å². The lowest BCUT2D eigenvalue weighted by Gasteiger charge is -2.32. The van der Waals surface area contributed by atoms with Crippen LogP contribution in [0.1, 0.15) is 51.3 Å². The fourth-order valence-corrected chi connectivity index (χ4v) is 3.59. The first-order chi connectivity index (χ1) is 13.0. The average Bonchev–Trinajstić information content (AvgIpc) is 2.63. The quantitative estimate of drug-likeness (QED) is 0.903. The predicted octanol–water partition coefficient (Wildman–Crippen LogP) is 2.67. The van der Waals surface area contributed by atoms with Gasteiger partial charge in [-0.1, -0.05) is 12.1 Å². The number of carbonyl (C=O) groups is 1. The van der Waals surface area contributed by atoms with Crippen molar-refractivity contribution in [3.8, 4) is 6.07 Å². The molecule has 0 unspecified atom stereocenters. The van der Waals surface area contributed by atoms with Crippen LogP contribution in [0.3, 0.4) is 0 Å². The van der Waals surface area contributed by atoms with Gasteiger partial charge in [0.15, 0.2) is 0 Å². The second-order valence-corrected chi connectivity index (χ2v) is 7.26. The molecule has 2 heterocycles. The van der Waals surface area contributed by atoms with Gasteiger partial charge < -0.3 is 5.32 Å². The highest BCUT2D eigenvalue weighted by Gasteiger charge is 2.21. The molecule has 0 saturated carbocycles. The van der Waals surface area contributed by atoms with Crippen molar-refractivity contribution in [1.82, 2.24) is 20.2 Å². The van der Waals surface area contributed by atoms with Gasteiger partial charge in [-0.05, 0) is 50.3 Å². The van der Waals surface area contributed by atoms with E-state index in [1.54, 1.807) is 19.3 Å². The number of rotatable bonds is 4. The van der Waals surface area contributed by atoms with Crippen molar-refractivity contribution in [3.63, 3.8) is 0 Å². The van der Waals surface area contributed by atoms with Crippen LogP contribution in [0.15, 0.2) is 24.5 Å². The van der Waals surface area contributed by atoms with Gasteiger partial charge in [-0.2, -0.15) is 5.26 Å². The number of likely N-dealkylation sites (tertiary alicyclic amines) is 1. The highest BCUT2D eigenvalue weighted by Crippen LogP contribution is 2.19. The molecule has 0 bridgehead atoms. The molecule has 27 heavy (non-hydrogen) atoms. The van der Waals surface area contributed by atoms with Crippen molar-refractivity contribution < 1.29 is 4.79 Å². The van der Waals surface area contributed by atoms with E-state index in [4.69, 9.17) is 0 Å².